The topological polar surface area (TPSA) is 61.0 Å². The molecule has 0 fully saturated rings. The lowest BCUT2D eigenvalue weighted by atomic mass is 10.1. The fourth-order valence-corrected chi connectivity index (χ4v) is 1.07. The zero-order chi connectivity index (χ0) is 10.7. The predicted octanol–water partition coefficient (Wildman–Crippen LogP) is 1.63. The summed E-state index contributed by atoms with van der Waals surface area (Å²) in [6, 6.07) is 1.68. The van der Waals surface area contributed by atoms with Crippen molar-refractivity contribution in [3.63, 3.8) is 0 Å². The van der Waals surface area contributed by atoms with E-state index in [1.165, 1.54) is 0 Å². The molecule has 0 saturated heterocycles. The minimum atomic E-state index is -0.164. The van der Waals surface area contributed by atoms with Crippen LogP contribution in [0.1, 0.15) is 44.2 Å². The lowest BCUT2D eigenvalue weighted by Crippen LogP contribution is -2.12. The van der Waals surface area contributed by atoms with Crippen LogP contribution in [0.25, 0.3) is 0 Å². The van der Waals surface area contributed by atoms with E-state index in [9.17, 15) is 0 Å². The zero-order valence-electron chi connectivity index (χ0n) is 9.11. The summed E-state index contributed by atoms with van der Waals surface area (Å²) in [6.45, 7) is 6.01. The second-order valence-corrected chi connectivity index (χ2v) is 3.64. The molecule has 0 amide bonds. The average molecular weight is 195 g/mol. The number of nitrogens with zero attached hydrogens (tertiary/aromatic N) is 2. The summed E-state index contributed by atoms with van der Waals surface area (Å²) in [6.07, 6.45) is 0. The van der Waals surface area contributed by atoms with Crippen molar-refractivity contribution in [3.05, 3.63) is 17.6 Å². The normalized spacial score (nSPS) is 13.0. The molecule has 4 heteroatoms. The maximum absolute atomic E-state index is 5.73. The van der Waals surface area contributed by atoms with Crippen molar-refractivity contribution in [1.82, 2.24) is 9.97 Å². The van der Waals surface area contributed by atoms with Crippen molar-refractivity contribution >= 4 is 0 Å². The average Bonchev–Trinajstić information content (AvgIpc) is 2.16. The minimum Gasteiger partial charge on any atom is -0.481 e. The molecule has 0 spiro atoms. The fraction of sp³-hybridized carbons (Fsp3) is 0.600. The Balaban J connectivity index is 3.13. The van der Waals surface area contributed by atoms with Gasteiger partial charge in [-0.3, -0.25) is 0 Å². The monoisotopic (exact) mass is 195 g/mol. The molecule has 4 nitrogen and oxygen atoms in total. The molecule has 1 aromatic heterocycles. The van der Waals surface area contributed by atoms with E-state index in [1.54, 1.807) is 7.11 Å². The summed E-state index contributed by atoms with van der Waals surface area (Å²) in [5, 5.41) is 0. The second-order valence-electron chi connectivity index (χ2n) is 3.64. The predicted molar refractivity (Wildman–Crippen MR) is 55.3 cm³/mol. The minimum absolute atomic E-state index is 0.164. The molecule has 78 valence electrons. The van der Waals surface area contributed by atoms with Crippen molar-refractivity contribution in [3.8, 4) is 5.88 Å². The van der Waals surface area contributed by atoms with Gasteiger partial charge in [0.15, 0.2) is 0 Å². The van der Waals surface area contributed by atoms with Crippen molar-refractivity contribution in [2.45, 2.75) is 32.7 Å². The van der Waals surface area contributed by atoms with Crippen LogP contribution < -0.4 is 10.5 Å². The number of hydrogen-bond donors (Lipinski definition) is 1. The highest BCUT2D eigenvalue weighted by Crippen LogP contribution is 2.18. The largest absolute Gasteiger partial charge is 0.481 e. The highest BCUT2D eigenvalue weighted by molar-refractivity contribution is 5.19. The van der Waals surface area contributed by atoms with Crippen LogP contribution in [-0.2, 0) is 0 Å². The third kappa shape index (κ3) is 2.42. The first-order valence-corrected chi connectivity index (χ1v) is 4.73. The summed E-state index contributed by atoms with van der Waals surface area (Å²) in [5.41, 5.74) is 6.69. The Morgan fingerprint density at radius 3 is 2.36 bits per heavy atom. The van der Waals surface area contributed by atoms with Gasteiger partial charge < -0.3 is 10.5 Å². The van der Waals surface area contributed by atoms with Gasteiger partial charge in [-0.2, -0.15) is 4.98 Å². The van der Waals surface area contributed by atoms with E-state index in [4.69, 9.17) is 10.5 Å². The van der Waals surface area contributed by atoms with Gasteiger partial charge in [0.25, 0.3) is 0 Å². The molecule has 0 aliphatic carbocycles. The Morgan fingerprint density at radius 2 is 1.93 bits per heavy atom. The Kier molecular flexibility index (Phi) is 3.41. The van der Waals surface area contributed by atoms with Crippen LogP contribution in [0.3, 0.4) is 0 Å². The summed E-state index contributed by atoms with van der Waals surface area (Å²) in [7, 11) is 1.59. The first-order valence-electron chi connectivity index (χ1n) is 4.73. The second kappa shape index (κ2) is 4.37. The first-order chi connectivity index (χ1) is 6.54. The third-order valence-electron chi connectivity index (χ3n) is 1.95. The van der Waals surface area contributed by atoms with Crippen LogP contribution in [0.15, 0.2) is 6.07 Å². The summed E-state index contributed by atoms with van der Waals surface area (Å²) >= 11 is 0. The number of aromatic nitrogens is 2. The lowest BCUT2D eigenvalue weighted by Gasteiger charge is -2.11. The number of rotatable bonds is 3. The summed E-state index contributed by atoms with van der Waals surface area (Å²) in [5.74, 6) is 1.56. The molecule has 1 rings (SSSR count). The van der Waals surface area contributed by atoms with Gasteiger partial charge in [0.2, 0.25) is 5.88 Å². The zero-order valence-corrected chi connectivity index (χ0v) is 9.11. The van der Waals surface area contributed by atoms with Crippen LogP contribution in [-0.4, -0.2) is 17.1 Å². The number of nitrogens with two attached hydrogens (primary N) is 1. The lowest BCUT2D eigenvalue weighted by molar-refractivity contribution is 0.392. The first kappa shape index (κ1) is 10.9. The molecule has 1 aromatic rings. The molecule has 0 bridgehead atoms. The van der Waals surface area contributed by atoms with Gasteiger partial charge in [-0.05, 0) is 12.8 Å². The van der Waals surface area contributed by atoms with E-state index in [2.05, 4.69) is 23.8 Å². The molecule has 14 heavy (non-hydrogen) atoms. The van der Waals surface area contributed by atoms with Gasteiger partial charge in [0, 0.05) is 6.07 Å². The van der Waals surface area contributed by atoms with Crippen molar-refractivity contribution < 1.29 is 4.74 Å². The maximum atomic E-state index is 5.73. The summed E-state index contributed by atoms with van der Waals surface area (Å²) in [4.78, 5) is 8.54. The number of hydrogen-bond acceptors (Lipinski definition) is 4. The standard InChI is InChI=1S/C10H17N3O/c1-6(2)8-5-9(14-4)13-10(12-8)7(3)11/h5-7H,11H2,1-4H3. The molecule has 1 unspecified atom stereocenters. The highest BCUT2D eigenvalue weighted by atomic mass is 16.5. The van der Waals surface area contributed by atoms with Crippen molar-refractivity contribution in [1.29, 1.82) is 0 Å². The van der Waals surface area contributed by atoms with Gasteiger partial charge in [-0.1, -0.05) is 13.8 Å². The van der Waals surface area contributed by atoms with Crippen LogP contribution >= 0.6 is 0 Å². The maximum Gasteiger partial charge on any atom is 0.216 e. The van der Waals surface area contributed by atoms with Crippen LogP contribution in [0.4, 0.5) is 0 Å². The van der Waals surface area contributed by atoms with E-state index < -0.39 is 0 Å². The quantitative estimate of drug-likeness (QED) is 0.796. The fourth-order valence-electron chi connectivity index (χ4n) is 1.07. The van der Waals surface area contributed by atoms with Crippen LogP contribution in [0, 0.1) is 0 Å². The molecule has 0 aliphatic rings. The van der Waals surface area contributed by atoms with Crippen molar-refractivity contribution in [2.24, 2.45) is 5.73 Å². The molecular formula is C10H17N3O. The van der Waals surface area contributed by atoms with E-state index >= 15 is 0 Å². The molecule has 1 atom stereocenters. The van der Waals surface area contributed by atoms with Gasteiger partial charge >= 0.3 is 0 Å². The number of ether oxygens (including phenoxy) is 1. The molecule has 0 aliphatic heterocycles. The van der Waals surface area contributed by atoms with E-state index in [1.807, 2.05) is 13.0 Å². The Bertz CT molecular complexity index is 284. The van der Waals surface area contributed by atoms with Gasteiger partial charge in [0.1, 0.15) is 5.82 Å². The van der Waals surface area contributed by atoms with Crippen LogP contribution in [0.2, 0.25) is 0 Å². The Hall–Kier alpha value is -1.16. The molecule has 2 N–H and O–H groups in total. The SMILES string of the molecule is COc1cc(C(C)C)nc(C(C)N)n1. The van der Waals surface area contributed by atoms with Gasteiger partial charge in [-0.15, -0.1) is 0 Å². The van der Waals surface area contributed by atoms with Crippen LogP contribution in [0.5, 0.6) is 5.88 Å². The highest BCUT2D eigenvalue weighted by Gasteiger charge is 2.10. The third-order valence-corrected chi connectivity index (χ3v) is 1.95. The Labute approximate surface area is 84.5 Å². The molecule has 1 heterocycles. The van der Waals surface area contributed by atoms with Gasteiger partial charge in [0.05, 0.1) is 18.8 Å². The van der Waals surface area contributed by atoms with Gasteiger partial charge in [-0.25, -0.2) is 4.98 Å². The van der Waals surface area contributed by atoms with E-state index in [0.717, 1.165) is 5.69 Å². The Morgan fingerprint density at radius 1 is 1.29 bits per heavy atom. The smallest absolute Gasteiger partial charge is 0.216 e. The molecule has 0 saturated carbocycles. The molecule has 0 radical (unpaired) electrons. The van der Waals surface area contributed by atoms with E-state index in [-0.39, 0.29) is 6.04 Å². The molecule has 0 aromatic carbocycles. The van der Waals surface area contributed by atoms with E-state index in [0.29, 0.717) is 17.6 Å². The summed E-state index contributed by atoms with van der Waals surface area (Å²) < 4.78 is 5.09. The van der Waals surface area contributed by atoms with Crippen molar-refractivity contribution in [2.75, 3.05) is 7.11 Å². The molecular weight excluding hydrogens is 178 g/mol. The number of methoxy groups -OCH3 is 1.